The number of amides is 1. The molecule has 19 heavy (non-hydrogen) atoms. The van der Waals surface area contributed by atoms with Crippen LogP contribution in [0.1, 0.15) is 38.5 Å². The molecule has 1 fully saturated rings. The van der Waals surface area contributed by atoms with Crippen molar-refractivity contribution in [2.75, 3.05) is 25.2 Å². The van der Waals surface area contributed by atoms with Crippen molar-refractivity contribution in [3.05, 3.63) is 0 Å². The molecule has 0 unspecified atom stereocenters. The Morgan fingerprint density at radius 2 is 1.79 bits per heavy atom. The second-order valence-corrected chi connectivity index (χ2v) is 11.2. The van der Waals surface area contributed by atoms with Gasteiger partial charge in [0.15, 0.2) is 0 Å². The zero-order valence-corrected chi connectivity index (χ0v) is 13.4. The Hall–Kier alpha value is -0.350. The van der Waals surface area contributed by atoms with Crippen LogP contribution in [0.2, 0.25) is 0 Å². The van der Waals surface area contributed by atoms with Crippen LogP contribution < -0.4 is 4.72 Å². The van der Waals surface area contributed by atoms with Crippen LogP contribution in [0.3, 0.4) is 0 Å². The molecule has 1 rings (SSSR count). The predicted molar refractivity (Wildman–Crippen MR) is 77.4 cm³/mol. The average Bonchev–Trinajstić information content (AvgIpc) is 2.25. The fraction of sp³-hybridized carbons (Fsp3) is 0.917. The summed E-state index contributed by atoms with van der Waals surface area (Å²) in [6.45, 7) is 3.19. The van der Waals surface area contributed by atoms with Crippen molar-refractivity contribution >= 4 is 23.1 Å². The van der Waals surface area contributed by atoms with Crippen LogP contribution in [0.5, 0.6) is 0 Å². The summed E-state index contributed by atoms with van der Waals surface area (Å²) in [6.07, 6.45) is 5.42. The Morgan fingerprint density at radius 1 is 1.21 bits per heavy atom. The second kappa shape index (κ2) is 6.89. The van der Waals surface area contributed by atoms with Gasteiger partial charge in [-0.15, -0.1) is 0 Å². The van der Waals surface area contributed by atoms with Crippen molar-refractivity contribution in [3.63, 3.8) is 0 Å². The molecule has 0 radical (unpaired) electrons. The molecule has 0 aromatic carbocycles. The van der Waals surface area contributed by atoms with Gasteiger partial charge in [0.2, 0.25) is 15.9 Å². The average molecular weight is 309 g/mol. The normalized spacial score (nSPS) is 18.2. The summed E-state index contributed by atoms with van der Waals surface area (Å²) >= 11 is 0. The van der Waals surface area contributed by atoms with Crippen molar-refractivity contribution in [1.82, 2.24) is 4.72 Å². The van der Waals surface area contributed by atoms with E-state index in [4.69, 9.17) is 0 Å². The highest BCUT2D eigenvalue weighted by atomic mass is 32.2. The monoisotopic (exact) mass is 309 g/mol. The summed E-state index contributed by atoms with van der Waals surface area (Å²) in [7, 11) is -5.81. The smallest absolute Gasteiger partial charge is 0.235 e. The van der Waals surface area contributed by atoms with Gasteiger partial charge in [-0.3, -0.25) is 9.52 Å². The molecule has 0 atom stereocenters. The van der Waals surface area contributed by atoms with Gasteiger partial charge in [-0.1, -0.05) is 19.3 Å². The van der Waals surface area contributed by atoms with E-state index in [0.29, 0.717) is 0 Å². The number of hydrogen-bond donors (Lipinski definition) is 1. The molecule has 0 aromatic heterocycles. The molecule has 1 saturated carbocycles. The van der Waals surface area contributed by atoms with Gasteiger partial charge in [0.25, 0.3) is 0 Å². The number of hydrogen-bond acceptors (Lipinski definition) is 4. The van der Waals surface area contributed by atoms with Gasteiger partial charge in [0, 0.05) is 12.6 Å². The summed E-state index contributed by atoms with van der Waals surface area (Å²) in [4.78, 5) is 11.5. The van der Waals surface area contributed by atoms with Crippen molar-refractivity contribution in [2.24, 2.45) is 5.92 Å². The minimum Gasteiger partial charge on any atom is -0.324 e. The number of nitrogens with one attached hydrogen (secondary N) is 1. The quantitative estimate of drug-likeness (QED) is 0.761. The molecule has 1 aliphatic rings. The summed E-state index contributed by atoms with van der Waals surface area (Å²) in [5.74, 6) is -0.337. The van der Waals surface area contributed by atoms with Crippen LogP contribution in [-0.4, -0.2) is 39.6 Å². The maximum absolute atomic E-state index is 11.8. The van der Waals surface area contributed by atoms with Gasteiger partial charge in [-0.25, -0.2) is 8.42 Å². The lowest BCUT2D eigenvalue weighted by Gasteiger charge is -2.21. The molecule has 7 heteroatoms. The highest BCUT2D eigenvalue weighted by Crippen LogP contribution is 2.36. The fourth-order valence-corrected chi connectivity index (χ4v) is 4.53. The molecule has 0 heterocycles. The third-order valence-corrected chi connectivity index (χ3v) is 6.08. The maximum Gasteiger partial charge on any atom is 0.235 e. The Labute approximate surface area is 116 Å². The van der Waals surface area contributed by atoms with E-state index < -0.39 is 23.1 Å². The number of rotatable bonds is 6. The minimum absolute atomic E-state index is 0.00811. The molecule has 0 spiro atoms. The lowest BCUT2D eigenvalue weighted by Crippen LogP contribution is -2.35. The molecule has 1 N–H and O–H groups in total. The number of carbonyl (C=O) groups excluding carboxylic acids is 1. The summed E-state index contributed by atoms with van der Waals surface area (Å²) in [5.41, 5.74) is 0. The highest BCUT2D eigenvalue weighted by Gasteiger charge is 2.23. The van der Waals surface area contributed by atoms with Gasteiger partial charge in [-0.2, -0.15) is 0 Å². The van der Waals surface area contributed by atoms with Gasteiger partial charge in [-0.05, 0) is 32.1 Å². The third kappa shape index (κ3) is 7.73. The van der Waals surface area contributed by atoms with Gasteiger partial charge < -0.3 is 4.57 Å². The standard InChI is InChI=1S/C12H24NO4PS/c1-18(2,15)9-8-12(14)13-19(16,17)10-11-6-4-3-5-7-11/h11H,3-10H2,1-2H3,(H,13,14). The zero-order valence-electron chi connectivity index (χ0n) is 11.7. The number of sulfonamides is 1. The first-order chi connectivity index (χ1) is 8.68. The Balaban J connectivity index is 2.40. The van der Waals surface area contributed by atoms with E-state index in [0.717, 1.165) is 25.7 Å². The highest BCUT2D eigenvalue weighted by molar-refractivity contribution is 7.90. The molecular formula is C12H24NO4PS. The second-order valence-electron chi connectivity index (χ2n) is 5.86. The lowest BCUT2D eigenvalue weighted by molar-refractivity contribution is -0.118. The predicted octanol–water partition coefficient (Wildman–Crippen LogP) is 2.03. The SMILES string of the molecule is CP(C)(=O)CCC(=O)NS(=O)(=O)CC1CCCCC1. The molecule has 1 amide bonds. The van der Waals surface area contributed by atoms with E-state index in [1.54, 1.807) is 13.3 Å². The molecule has 5 nitrogen and oxygen atoms in total. The zero-order chi connectivity index (χ0) is 14.5. The van der Waals surface area contributed by atoms with Gasteiger partial charge in [0.1, 0.15) is 0 Å². The maximum atomic E-state index is 11.8. The van der Waals surface area contributed by atoms with E-state index in [9.17, 15) is 17.8 Å². The van der Waals surface area contributed by atoms with Crippen molar-refractivity contribution in [3.8, 4) is 0 Å². The Bertz CT molecular complexity index is 448. The topological polar surface area (TPSA) is 80.3 Å². The molecule has 1 aliphatic carbocycles. The molecule has 0 aromatic rings. The first-order valence-corrected chi connectivity index (χ1v) is 11.2. The third-order valence-electron chi connectivity index (χ3n) is 3.33. The van der Waals surface area contributed by atoms with Crippen LogP contribution in [0.25, 0.3) is 0 Å². The van der Waals surface area contributed by atoms with Crippen molar-refractivity contribution in [2.45, 2.75) is 38.5 Å². The van der Waals surface area contributed by atoms with Crippen LogP contribution in [0.15, 0.2) is 0 Å². The van der Waals surface area contributed by atoms with E-state index >= 15 is 0 Å². The van der Waals surface area contributed by atoms with Crippen LogP contribution in [-0.2, 0) is 19.4 Å². The van der Waals surface area contributed by atoms with E-state index in [1.807, 2.05) is 0 Å². The van der Waals surface area contributed by atoms with E-state index in [1.165, 1.54) is 6.42 Å². The molecule has 0 bridgehead atoms. The minimum atomic E-state index is -3.54. The largest absolute Gasteiger partial charge is 0.324 e. The van der Waals surface area contributed by atoms with Crippen molar-refractivity contribution in [1.29, 1.82) is 0 Å². The summed E-state index contributed by atoms with van der Waals surface area (Å²) < 4.78 is 37.2. The molecule has 0 aliphatic heterocycles. The van der Waals surface area contributed by atoms with Gasteiger partial charge >= 0.3 is 0 Å². The summed E-state index contributed by atoms with van der Waals surface area (Å²) in [5, 5.41) is 0. The molecular weight excluding hydrogens is 285 g/mol. The van der Waals surface area contributed by atoms with Crippen LogP contribution >= 0.6 is 7.14 Å². The van der Waals surface area contributed by atoms with E-state index in [-0.39, 0.29) is 24.3 Å². The lowest BCUT2D eigenvalue weighted by atomic mass is 9.91. The molecule has 112 valence electrons. The van der Waals surface area contributed by atoms with Crippen LogP contribution in [0.4, 0.5) is 0 Å². The van der Waals surface area contributed by atoms with E-state index in [2.05, 4.69) is 4.72 Å². The van der Waals surface area contributed by atoms with Crippen LogP contribution in [0, 0.1) is 5.92 Å². The van der Waals surface area contributed by atoms with Crippen molar-refractivity contribution < 1.29 is 17.8 Å². The first-order valence-electron chi connectivity index (χ1n) is 6.75. The fourth-order valence-electron chi connectivity index (χ4n) is 2.30. The summed E-state index contributed by atoms with van der Waals surface area (Å²) in [6, 6.07) is 0. The number of carbonyl (C=O) groups is 1. The Morgan fingerprint density at radius 3 is 2.32 bits per heavy atom. The van der Waals surface area contributed by atoms with Gasteiger partial charge in [0.05, 0.1) is 12.9 Å². The Kier molecular flexibility index (Phi) is 6.06. The first kappa shape index (κ1) is 16.7. The molecule has 0 saturated heterocycles.